The molecule has 2 heterocycles. The molecule has 3 saturated carbocycles. The fourth-order valence-corrected chi connectivity index (χ4v) is 16.6. The lowest BCUT2D eigenvalue weighted by molar-refractivity contribution is -0.157. The van der Waals surface area contributed by atoms with Crippen LogP contribution >= 0.6 is 0 Å². The molecule has 1 spiro atoms. The Hall–Kier alpha value is -8.03. The quantitative estimate of drug-likeness (QED) is 0.149. The highest BCUT2D eigenvalue weighted by Crippen LogP contribution is 2.52. The first kappa shape index (κ1) is 84.2. The highest BCUT2D eigenvalue weighted by Gasteiger charge is 2.59. The van der Waals surface area contributed by atoms with Crippen molar-refractivity contribution in [3.05, 3.63) is 76.9 Å². The summed E-state index contributed by atoms with van der Waals surface area (Å²) in [6.07, 6.45) is 1.95. The number of nitrogens with zero attached hydrogens (tertiary/aromatic N) is 8. The SMILES string of the molecule is CCOC[C@H]1C(=O)N(C)[C@@H](C)C(=O)N(C)CC(=O)N(C)[C@H]2C/C=C\CCN(C2=O)[C@@H](Cc2ccc(CC)cc2)C(=O)N(C)CCC(=O)[C@@H](CCc2ccc(C(F)(F)F)c(OC)c2)C(=O)C2C[C@@H](C)C[C@H]2C(=O)NC2(CC(C)(C)C2)C(=O)C(C)[C@H](C2CCCC2)C(=O)N(C)[C@H](C(=O)N(C)CC)CC(=O)N1C. The maximum Gasteiger partial charge on any atom is 0.419 e. The van der Waals surface area contributed by atoms with Gasteiger partial charge in [0.15, 0.2) is 5.78 Å². The Morgan fingerprint density at radius 3 is 1.93 bits per heavy atom. The second kappa shape index (κ2) is 36.0. The minimum Gasteiger partial charge on any atom is -0.496 e. The van der Waals surface area contributed by atoms with E-state index in [0.29, 0.717) is 30.4 Å². The highest BCUT2D eigenvalue weighted by atomic mass is 19.4. The van der Waals surface area contributed by atoms with Crippen LogP contribution in [-0.4, -0.2) is 241 Å². The number of amides is 9. The second-order valence-electron chi connectivity index (χ2n) is 31.1. The number of carbonyl (C=O) groups is 12. The predicted octanol–water partition coefficient (Wildman–Crippen LogP) is 7.66. The Kier molecular flexibility index (Phi) is 28.9. The summed E-state index contributed by atoms with van der Waals surface area (Å²) in [5, 5.41) is 3.16. The number of ketones is 3. The van der Waals surface area contributed by atoms with E-state index in [0.717, 1.165) is 52.7 Å². The maximum absolute atomic E-state index is 15.8. The number of halogens is 3. The van der Waals surface area contributed by atoms with Gasteiger partial charge in [0.2, 0.25) is 53.2 Å². The van der Waals surface area contributed by atoms with Crippen LogP contribution in [0.3, 0.4) is 0 Å². The lowest BCUT2D eigenvalue weighted by Gasteiger charge is -2.54. The smallest absolute Gasteiger partial charge is 0.419 e. The maximum atomic E-state index is 15.8. The molecule has 105 heavy (non-hydrogen) atoms. The molecule has 26 heteroatoms. The van der Waals surface area contributed by atoms with Gasteiger partial charge in [-0.2, -0.15) is 13.2 Å². The summed E-state index contributed by atoms with van der Waals surface area (Å²) in [6.45, 7) is 13.5. The Bertz CT molecular complexity index is 3530. The Labute approximate surface area is 618 Å². The van der Waals surface area contributed by atoms with Crippen LogP contribution in [0, 0.1) is 46.8 Å². The van der Waals surface area contributed by atoms with Crippen molar-refractivity contribution >= 4 is 70.5 Å². The normalized spacial score (nSPS) is 28.0. The summed E-state index contributed by atoms with van der Waals surface area (Å²) in [6, 6.07) is 4.42. The van der Waals surface area contributed by atoms with Crippen molar-refractivity contribution in [3.63, 3.8) is 0 Å². The zero-order valence-electron chi connectivity index (χ0n) is 64.6. The second-order valence-corrected chi connectivity index (χ2v) is 31.1. The number of likely N-dealkylation sites (N-methyl/N-ethyl adjacent to an activating group) is 7. The van der Waals surface area contributed by atoms with Gasteiger partial charge in [-0.1, -0.05) is 89.9 Å². The summed E-state index contributed by atoms with van der Waals surface area (Å²) in [4.78, 5) is 192. The summed E-state index contributed by atoms with van der Waals surface area (Å²) in [5.74, 6) is -14.1. The van der Waals surface area contributed by atoms with Crippen molar-refractivity contribution in [2.24, 2.45) is 46.8 Å². The van der Waals surface area contributed by atoms with E-state index in [1.165, 1.54) is 92.9 Å². The molecule has 2 aromatic rings. The molecule has 5 aliphatic rings. The number of carbonyl (C=O) groups excluding carboxylic acids is 12. The molecule has 2 aliphatic heterocycles. The number of alkyl halides is 3. The standard InChI is InChI=1S/C79H114F3N9O14/c1-17-51-28-30-52(31-29-51)41-61-73(100)85(10)38-36-63(92)55(34-32-53-33-35-58(79(80,81)82)64(42-53)104-16)68(95)56-39-48(4)40-57(56)70(97)83-78(46-77(7,8)47-78)69(96)49(5)67(54-25-22-23-26-54)76(103)90(15)60(72(99)84(9)18-2)43-65(93)89(14)62(45-105-19-3)74(101)87(12)50(6)71(98)86(11)44-66(94)88(13)59-27-21-20-24-37-91(61)75(59)102/h20-21,28-31,33,35,42,48-50,54-57,59-62,67H,17-19,22-27,32,34,36-41,43-47H2,1-16H3,(H,83,97)/b21-20-/t48-,49?,50+,55-,56?,57-,59+,60+,61+,62+,67-/m1/s1. The third-order valence-corrected chi connectivity index (χ3v) is 23.1. The van der Waals surface area contributed by atoms with Gasteiger partial charge in [0.05, 0.1) is 49.6 Å². The van der Waals surface area contributed by atoms with E-state index in [1.807, 2.05) is 58.0 Å². The van der Waals surface area contributed by atoms with Gasteiger partial charge in [-0.15, -0.1) is 0 Å². The molecule has 23 nitrogen and oxygen atoms in total. The van der Waals surface area contributed by atoms with Gasteiger partial charge in [0, 0.05) is 106 Å². The number of fused-ring (bicyclic) bond motifs is 3. The first-order valence-electron chi connectivity index (χ1n) is 37.4. The van der Waals surface area contributed by atoms with Crippen LogP contribution in [0.2, 0.25) is 0 Å². The summed E-state index contributed by atoms with van der Waals surface area (Å²) in [7, 11) is 11.1. The van der Waals surface area contributed by atoms with Crippen LogP contribution < -0.4 is 10.1 Å². The third-order valence-electron chi connectivity index (χ3n) is 23.1. The third kappa shape index (κ3) is 19.8. The monoisotopic (exact) mass is 1470 g/mol. The minimum atomic E-state index is -4.76. The lowest BCUT2D eigenvalue weighted by Crippen LogP contribution is -2.68. The zero-order chi connectivity index (χ0) is 77.9. The fourth-order valence-electron chi connectivity index (χ4n) is 16.6. The van der Waals surface area contributed by atoms with Crippen molar-refractivity contribution < 1.29 is 80.2 Å². The minimum absolute atomic E-state index is 0.00925. The molecule has 2 unspecified atom stereocenters. The van der Waals surface area contributed by atoms with E-state index in [9.17, 15) is 37.1 Å². The van der Waals surface area contributed by atoms with Gasteiger partial charge < -0.3 is 54.0 Å². The van der Waals surface area contributed by atoms with E-state index >= 15 is 33.6 Å². The molecule has 2 aromatic carbocycles. The molecule has 1 saturated heterocycles. The number of Topliss-reactive ketones (excluding diaryl/α,β-unsaturated/α-hetero) is 3. The average molecular weight is 1470 g/mol. The number of methoxy groups -OCH3 is 1. The van der Waals surface area contributed by atoms with Crippen molar-refractivity contribution in [3.8, 4) is 5.75 Å². The number of hydrogen-bond acceptors (Lipinski definition) is 14. The van der Waals surface area contributed by atoms with Gasteiger partial charge in [-0.3, -0.25) is 57.5 Å². The molecule has 4 fully saturated rings. The summed E-state index contributed by atoms with van der Waals surface area (Å²) >= 11 is 0. The summed E-state index contributed by atoms with van der Waals surface area (Å²) < 4.78 is 53.5. The Morgan fingerprint density at radius 1 is 0.705 bits per heavy atom. The number of ether oxygens (including phenoxy) is 2. The predicted molar refractivity (Wildman–Crippen MR) is 388 cm³/mol. The van der Waals surface area contributed by atoms with Gasteiger partial charge in [0.1, 0.15) is 47.5 Å². The van der Waals surface area contributed by atoms with Gasteiger partial charge in [-0.25, -0.2) is 0 Å². The molecule has 7 rings (SSSR count). The molecule has 0 radical (unpaired) electrons. The van der Waals surface area contributed by atoms with Crippen molar-refractivity contribution in [1.29, 1.82) is 0 Å². The number of aryl methyl sites for hydroxylation is 2. The summed E-state index contributed by atoms with van der Waals surface area (Å²) in [5.41, 5.74) is -1.00. The van der Waals surface area contributed by atoms with Gasteiger partial charge in [0.25, 0.3) is 0 Å². The molecular weight excluding hydrogens is 1360 g/mol. The van der Waals surface area contributed by atoms with Crippen LogP contribution in [0.1, 0.15) is 161 Å². The van der Waals surface area contributed by atoms with Crippen molar-refractivity contribution in [1.82, 2.24) is 44.5 Å². The molecule has 580 valence electrons. The van der Waals surface area contributed by atoms with Gasteiger partial charge >= 0.3 is 6.18 Å². The number of hydrogen-bond donors (Lipinski definition) is 1. The van der Waals surface area contributed by atoms with E-state index in [4.69, 9.17) is 9.47 Å². The van der Waals surface area contributed by atoms with Gasteiger partial charge in [-0.05, 0) is 137 Å². The lowest BCUT2D eigenvalue weighted by atomic mass is 9.55. The molecule has 9 amide bonds. The topological polar surface area (TPSA) is 261 Å². The molecule has 1 N–H and O–H groups in total. The molecule has 3 aliphatic carbocycles. The van der Waals surface area contributed by atoms with Crippen LogP contribution in [0.25, 0.3) is 0 Å². The van der Waals surface area contributed by atoms with Crippen molar-refractivity contribution in [2.45, 2.75) is 200 Å². The average Bonchev–Trinajstić information content (AvgIpc) is 1.39. The van der Waals surface area contributed by atoms with E-state index in [2.05, 4.69) is 5.32 Å². The number of nitrogens with one attached hydrogen (secondary N) is 1. The van der Waals surface area contributed by atoms with Crippen LogP contribution in [0.4, 0.5) is 13.2 Å². The molecule has 2 bridgehead atoms. The zero-order valence-corrected chi connectivity index (χ0v) is 64.6. The van der Waals surface area contributed by atoms with Crippen molar-refractivity contribution in [2.75, 3.05) is 95.8 Å². The largest absolute Gasteiger partial charge is 0.496 e. The fraction of sp³-hybridized carbons (Fsp3) is 0.671. The van der Waals surface area contributed by atoms with E-state index < -0.39 is 178 Å². The van der Waals surface area contributed by atoms with Crippen LogP contribution in [-0.2, 0) is 87.7 Å². The molecule has 11 atom stereocenters. The number of rotatable bonds is 13. The first-order chi connectivity index (χ1) is 49.4. The van der Waals surface area contributed by atoms with Crippen LogP contribution in [0.15, 0.2) is 54.6 Å². The van der Waals surface area contributed by atoms with Crippen LogP contribution in [0.5, 0.6) is 5.75 Å². The Morgan fingerprint density at radius 2 is 1.33 bits per heavy atom. The van der Waals surface area contributed by atoms with E-state index in [-0.39, 0.29) is 96.1 Å². The van der Waals surface area contributed by atoms with E-state index in [1.54, 1.807) is 26.8 Å². The molecular formula is C79H114F3N9O14. The highest BCUT2D eigenvalue weighted by molar-refractivity contribution is 6.06. The molecule has 0 aromatic heterocycles. The number of benzene rings is 2. The first-order valence-corrected chi connectivity index (χ1v) is 37.4. The Balaban J connectivity index is 1.34.